The van der Waals surface area contributed by atoms with Gasteiger partial charge < -0.3 is 14.8 Å². The van der Waals surface area contributed by atoms with Crippen molar-refractivity contribution in [3.8, 4) is 0 Å². The molecule has 7 heteroatoms. The van der Waals surface area contributed by atoms with Gasteiger partial charge in [0.15, 0.2) is 0 Å². The average Bonchev–Trinajstić information content (AvgIpc) is 3.26. The molecule has 3 aromatic rings. The number of amides is 2. The lowest BCUT2D eigenvalue weighted by atomic mass is 9.93. The van der Waals surface area contributed by atoms with Crippen molar-refractivity contribution in [1.82, 2.24) is 19.8 Å². The number of pyridine rings is 1. The van der Waals surface area contributed by atoms with E-state index >= 15 is 0 Å². The monoisotopic (exact) mass is 464 g/mol. The van der Waals surface area contributed by atoms with E-state index in [0.29, 0.717) is 18.8 Å². The molecule has 174 valence electrons. The lowest BCUT2D eigenvalue weighted by Crippen LogP contribution is -2.64. The van der Waals surface area contributed by atoms with Gasteiger partial charge in [-0.1, -0.05) is 38.7 Å². The Morgan fingerprint density at radius 2 is 2.03 bits per heavy atom. The maximum atomic E-state index is 13.8. The molecule has 0 radical (unpaired) electrons. The Labute approximate surface area is 199 Å². The Morgan fingerprint density at radius 3 is 2.73 bits per heavy atom. The highest BCUT2D eigenvalue weighted by atomic mass is 32.1. The van der Waals surface area contributed by atoms with Crippen LogP contribution in [0.5, 0.6) is 0 Å². The maximum Gasteiger partial charge on any atom is 0.271 e. The fourth-order valence-corrected chi connectivity index (χ4v) is 6.29. The summed E-state index contributed by atoms with van der Waals surface area (Å²) in [7, 11) is 0. The highest BCUT2D eigenvalue weighted by molar-refractivity contribution is 7.19. The summed E-state index contributed by atoms with van der Waals surface area (Å²) in [5.41, 5.74) is 1.68. The normalized spacial score (nSPS) is 21.8. The Balaban J connectivity index is 1.53. The van der Waals surface area contributed by atoms with E-state index in [1.54, 1.807) is 28.6 Å². The number of carbonyl (C=O) groups excluding carboxylic acids is 2. The van der Waals surface area contributed by atoms with Crippen molar-refractivity contribution in [3.05, 3.63) is 52.8 Å². The molecule has 1 saturated carbocycles. The first-order valence-corrected chi connectivity index (χ1v) is 12.9. The third-order valence-electron chi connectivity index (χ3n) is 7.26. The second kappa shape index (κ2) is 8.93. The summed E-state index contributed by atoms with van der Waals surface area (Å²) in [4.78, 5) is 34.9. The van der Waals surface area contributed by atoms with E-state index in [9.17, 15) is 9.59 Å². The van der Waals surface area contributed by atoms with Gasteiger partial charge in [-0.2, -0.15) is 0 Å². The van der Waals surface area contributed by atoms with Gasteiger partial charge in [0.25, 0.3) is 5.91 Å². The zero-order chi connectivity index (χ0) is 23.0. The zero-order valence-corrected chi connectivity index (χ0v) is 20.3. The second-order valence-corrected chi connectivity index (χ2v) is 10.8. The topological polar surface area (TPSA) is 67.2 Å². The molecule has 33 heavy (non-hydrogen) atoms. The molecule has 2 aliphatic rings. The fourth-order valence-electron chi connectivity index (χ4n) is 5.25. The van der Waals surface area contributed by atoms with Crippen molar-refractivity contribution in [2.24, 2.45) is 0 Å². The Bertz CT molecular complexity index is 1160. The third kappa shape index (κ3) is 4.07. The number of nitrogens with one attached hydrogen (secondary N) is 1. The van der Waals surface area contributed by atoms with Crippen LogP contribution in [0.3, 0.4) is 0 Å². The first-order valence-electron chi connectivity index (χ1n) is 12.1. The van der Waals surface area contributed by atoms with Crippen molar-refractivity contribution < 1.29 is 9.59 Å². The van der Waals surface area contributed by atoms with Gasteiger partial charge in [0, 0.05) is 29.9 Å². The number of hydrogen-bond acceptors (Lipinski definition) is 4. The van der Waals surface area contributed by atoms with Gasteiger partial charge in [-0.25, -0.2) is 0 Å². The van der Waals surface area contributed by atoms with E-state index in [1.807, 2.05) is 25.1 Å². The van der Waals surface area contributed by atoms with E-state index < -0.39 is 5.54 Å². The number of rotatable bonds is 5. The first kappa shape index (κ1) is 22.1. The molecule has 1 atom stereocenters. The predicted molar refractivity (Wildman–Crippen MR) is 131 cm³/mol. The van der Waals surface area contributed by atoms with Crippen molar-refractivity contribution in [1.29, 1.82) is 0 Å². The van der Waals surface area contributed by atoms with Crippen LogP contribution in [0.1, 0.15) is 73.3 Å². The molecule has 0 bridgehead atoms. The average molecular weight is 465 g/mol. The quantitative estimate of drug-likeness (QED) is 0.546. The molecule has 1 N–H and O–H groups in total. The molecule has 2 amide bonds. The SMILES string of the molecule is CCc1cc2c(cc3n2C[C@](C)(C(=O)NC2CCCCCC2)N(Cc2cccnc2)C3=O)s1. The summed E-state index contributed by atoms with van der Waals surface area (Å²) < 4.78 is 3.18. The largest absolute Gasteiger partial charge is 0.351 e. The Kier molecular flexibility index (Phi) is 5.99. The summed E-state index contributed by atoms with van der Waals surface area (Å²) in [6.45, 7) is 4.89. The van der Waals surface area contributed by atoms with Crippen LogP contribution in [-0.4, -0.2) is 37.8 Å². The molecule has 1 aliphatic carbocycles. The molecule has 6 nitrogen and oxygen atoms in total. The summed E-state index contributed by atoms with van der Waals surface area (Å²) in [6.07, 6.45) is 11.3. The van der Waals surface area contributed by atoms with Gasteiger partial charge in [0.2, 0.25) is 5.91 Å². The fraction of sp³-hybridized carbons (Fsp3) is 0.500. The van der Waals surface area contributed by atoms with Crippen LogP contribution in [0.15, 0.2) is 36.7 Å². The molecule has 0 spiro atoms. The number of fused-ring (bicyclic) bond motifs is 3. The van der Waals surface area contributed by atoms with Crippen molar-refractivity contribution in [2.75, 3.05) is 0 Å². The van der Waals surface area contributed by atoms with Gasteiger partial charge in [-0.3, -0.25) is 14.6 Å². The van der Waals surface area contributed by atoms with Crippen LogP contribution in [0.25, 0.3) is 10.2 Å². The molecular formula is C26H32N4O2S. The number of hydrogen-bond donors (Lipinski definition) is 1. The predicted octanol–water partition coefficient (Wildman–Crippen LogP) is 4.91. The molecule has 0 unspecified atom stereocenters. The van der Waals surface area contributed by atoms with E-state index in [1.165, 1.54) is 17.7 Å². The highest BCUT2D eigenvalue weighted by Gasteiger charge is 2.48. The lowest BCUT2D eigenvalue weighted by Gasteiger charge is -2.44. The maximum absolute atomic E-state index is 13.8. The first-order chi connectivity index (χ1) is 16.0. The summed E-state index contributed by atoms with van der Waals surface area (Å²) >= 11 is 1.74. The van der Waals surface area contributed by atoms with Crippen LogP contribution in [-0.2, 0) is 24.3 Å². The van der Waals surface area contributed by atoms with Crippen molar-refractivity contribution in [3.63, 3.8) is 0 Å². The van der Waals surface area contributed by atoms with Gasteiger partial charge in [-0.15, -0.1) is 11.3 Å². The summed E-state index contributed by atoms with van der Waals surface area (Å²) in [5.74, 6) is -0.143. The van der Waals surface area contributed by atoms with Crippen LogP contribution in [0, 0.1) is 0 Å². The van der Waals surface area contributed by atoms with Crippen molar-refractivity contribution >= 4 is 33.4 Å². The van der Waals surface area contributed by atoms with E-state index in [0.717, 1.165) is 47.9 Å². The highest BCUT2D eigenvalue weighted by Crippen LogP contribution is 2.37. The van der Waals surface area contributed by atoms with Gasteiger partial charge >= 0.3 is 0 Å². The number of nitrogens with zero attached hydrogens (tertiary/aromatic N) is 3. The Hall–Kier alpha value is -2.67. The van der Waals surface area contributed by atoms with E-state index in [2.05, 4.69) is 27.9 Å². The smallest absolute Gasteiger partial charge is 0.271 e. The van der Waals surface area contributed by atoms with E-state index in [4.69, 9.17) is 0 Å². The molecule has 5 rings (SSSR count). The molecule has 0 aromatic carbocycles. The van der Waals surface area contributed by atoms with Crippen molar-refractivity contribution in [2.45, 2.75) is 83.5 Å². The van der Waals surface area contributed by atoms with Gasteiger partial charge in [0.05, 0.1) is 16.8 Å². The van der Waals surface area contributed by atoms with Gasteiger partial charge in [0.1, 0.15) is 11.2 Å². The molecule has 1 aliphatic heterocycles. The Morgan fingerprint density at radius 1 is 1.24 bits per heavy atom. The summed E-state index contributed by atoms with van der Waals surface area (Å²) in [6, 6.07) is 8.20. The van der Waals surface area contributed by atoms with Gasteiger partial charge in [-0.05, 0) is 49.9 Å². The molecule has 3 aromatic heterocycles. The van der Waals surface area contributed by atoms with E-state index in [-0.39, 0.29) is 17.9 Å². The standard InChI is InChI=1S/C26H32N4O2S/c1-3-20-13-21-23(33-20)14-22-24(31)30(16-18-9-8-12-27-15-18)26(2,17-29(21)22)25(32)28-19-10-6-4-5-7-11-19/h8-9,12-15,19H,3-7,10-11,16-17H2,1-2H3,(H,28,32)/t26-/m1/s1. The molecule has 4 heterocycles. The minimum absolute atomic E-state index is 0.0508. The van der Waals surface area contributed by atoms with Crippen LogP contribution >= 0.6 is 11.3 Å². The lowest BCUT2D eigenvalue weighted by molar-refractivity contribution is -0.134. The molecule has 1 fully saturated rings. The number of carbonyl (C=O) groups is 2. The number of aryl methyl sites for hydroxylation is 1. The van der Waals surface area contributed by atoms with Crippen LogP contribution in [0.2, 0.25) is 0 Å². The van der Waals surface area contributed by atoms with Crippen LogP contribution in [0.4, 0.5) is 0 Å². The number of thiophene rings is 1. The molecular weight excluding hydrogens is 432 g/mol. The second-order valence-electron chi connectivity index (χ2n) is 9.62. The zero-order valence-electron chi connectivity index (χ0n) is 19.5. The molecule has 0 saturated heterocycles. The summed E-state index contributed by atoms with van der Waals surface area (Å²) in [5, 5.41) is 3.33. The number of aromatic nitrogens is 2. The third-order valence-corrected chi connectivity index (χ3v) is 8.47. The van der Waals surface area contributed by atoms with Crippen LogP contribution < -0.4 is 5.32 Å². The minimum Gasteiger partial charge on any atom is -0.351 e. The minimum atomic E-state index is -0.980.